The fourth-order valence-electron chi connectivity index (χ4n) is 3.13. The molecule has 2 aromatic carbocycles. The normalized spacial score (nSPS) is 16.0. The molecule has 0 saturated heterocycles. The Morgan fingerprint density at radius 1 is 1.12 bits per heavy atom. The highest BCUT2D eigenvalue weighted by atomic mass is 19.1. The first kappa shape index (κ1) is 17.3. The van der Waals surface area contributed by atoms with E-state index in [1.165, 1.54) is 12.1 Å². The number of halogens is 1. The van der Waals surface area contributed by atoms with Crippen LogP contribution in [-0.2, 0) is 10.2 Å². The zero-order chi connectivity index (χ0) is 18.0. The Hall–Kier alpha value is -2.56. The summed E-state index contributed by atoms with van der Waals surface area (Å²) in [5, 5.41) is 3.07. The summed E-state index contributed by atoms with van der Waals surface area (Å²) in [6.45, 7) is 1.91. The molecule has 0 aliphatic heterocycles. The van der Waals surface area contributed by atoms with E-state index in [1.807, 2.05) is 25.1 Å². The number of carbonyl (C=O) groups excluding carboxylic acids is 1. The average Bonchev–Trinajstić information content (AvgIpc) is 3.43. The molecule has 1 amide bonds. The predicted octanol–water partition coefficient (Wildman–Crippen LogP) is 3.75. The molecule has 1 atom stereocenters. The minimum absolute atomic E-state index is 0.0449. The highest BCUT2D eigenvalue weighted by Gasteiger charge is 2.51. The molecule has 0 spiro atoms. The van der Waals surface area contributed by atoms with E-state index in [-0.39, 0.29) is 17.8 Å². The van der Waals surface area contributed by atoms with E-state index < -0.39 is 5.41 Å². The largest absolute Gasteiger partial charge is 0.497 e. The van der Waals surface area contributed by atoms with Gasteiger partial charge in [-0.25, -0.2) is 4.39 Å². The molecule has 0 heterocycles. The summed E-state index contributed by atoms with van der Waals surface area (Å²) in [7, 11) is 3.20. The van der Waals surface area contributed by atoms with Crippen molar-refractivity contribution in [1.82, 2.24) is 5.32 Å². The third-order valence-corrected chi connectivity index (χ3v) is 4.83. The van der Waals surface area contributed by atoms with Crippen molar-refractivity contribution < 1.29 is 18.7 Å². The fourth-order valence-corrected chi connectivity index (χ4v) is 3.13. The Balaban J connectivity index is 1.80. The number of hydrogen-bond acceptors (Lipinski definition) is 3. The van der Waals surface area contributed by atoms with Gasteiger partial charge in [0.2, 0.25) is 5.91 Å². The smallest absolute Gasteiger partial charge is 0.231 e. The van der Waals surface area contributed by atoms with E-state index in [0.29, 0.717) is 11.5 Å². The van der Waals surface area contributed by atoms with E-state index in [4.69, 9.17) is 9.47 Å². The monoisotopic (exact) mass is 343 g/mol. The summed E-state index contributed by atoms with van der Waals surface area (Å²) in [6.07, 6.45) is 1.54. The SMILES string of the molecule is COc1ccc(OC)c(C(C)NC(=O)C2(c3ccc(F)cc3)CC2)c1. The van der Waals surface area contributed by atoms with Crippen LogP contribution in [0.3, 0.4) is 0 Å². The molecule has 0 aromatic heterocycles. The number of rotatable bonds is 6. The highest BCUT2D eigenvalue weighted by molar-refractivity contribution is 5.91. The summed E-state index contributed by atoms with van der Waals surface area (Å²) >= 11 is 0. The maximum Gasteiger partial charge on any atom is 0.231 e. The minimum atomic E-state index is -0.548. The molecule has 4 nitrogen and oxygen atoms in total. The summed E-state index contributed by atoms with van der Waals surface area (Å²) in [5.74, 6) is 1.06. The van der Waals surface area contributed by atoms with Crippen molar-refractivity contribution in [2.75, 3.05) is 14.2 Å². The predicted molar refractivity (Wildman–Crippen MR) is 93.4 cm³/mol. The van der Waals surface area contributed by atoms with Crippen LogP contribution in [-0.4, -0.2) is 20.1 Å². The van der Waals surface area contributed by atoms with Gasteiger partial charge in [-0.3, -0.25) is 4.79 Å². The standard InChI is InChI=1S/C20H22FNO3/c1-13(17-12-16(24-2)8-9-18(17)25-3)22-19(23)20(10-11-20)14-4-6-15(21)7-5-14/h4-9,12-13H,10-11H2,1-3H3,(H,22,23). The Labute approximate surface area is 147 Å². The summed E-state index contributed by atoms with van der Waals surface area (Å²) in [5.41, 5.74) is 1.16. The first-order valence-corrected chi connectivity index (χ1v) is 8.29. The van der Waals surface area contributed by atoms with Gasteiger partial charge in [-0.15, -0.1) is 0 Å². The molecular weight excluding hydrogens is 321 g/mol. The zero-order valence-electron chi connectivity index (χ0n) is 14.6. The van der Waals surface area contributed by atoms with E-state index in [0.717, 1.165) is 24.0 Å². The van der Waals surface area contributed by atoms with Gasteiger partial charge in [0.1, 0.15) is 17.3 Å². The number of amides is 1. The second kappa shape index (κ2) is 6.75. The first-order valence-electron chi connectivity index (χ1n) is 8.29. The fraction of sp³-hybridized carbons (Fsp3) is 0.350. The quantitative estimate of drug-likeness (QED) is 0.869. The van der Waals surface area contributed by atoms with Crippen molar-refractivity contribution >= 4 is 5.91 Å². The van der Waals surface area contributed by atoms with Crippen LogP contribution < -0.4 is 14.8 Å². The van der Waals surface area contributed by atoms with Crippen molar-refractivity contribution in [1.29, 1.82) is 0 Å². The molecule has 1 fully saturated rings. The molecule has 1 saturated carbocycles. The van der Waals surface area contributed by atoms with Crippen LogP contribution >= 0.6 is 0 Å². The van der Waals surface area contributed by atoms with Gasteiger partial charge in [0, 0.05) is 5.56 Å². The molecule has 3 rings (SSSR count). The summed E-state index contributed by atoms with van der Waals surface area (Å²) < 4.78 is 23.8. The molecule has 0 bridgehead atoms. The maximum absolute atomic E-state index is 13.2. The lowest BCUT2D eigenvalue weighted by Crippen LogP contribution is -2.36. The van der Waals surface area contributed by atoms with Gasteiger partial charge in [-0.05, 0) is 55.7 Å². The number of carbonyl (C=O) groups is 1. The Morgan fingerprint density at radius 2 is 1.80 bits per heavy atom. The van der Waals surface area contributed by atoms with Crippen LogP contribution in [0.1, 0.15) is 36.9 Å². The van der Waals surface area contributed by atoms with Gasteiger partial charge in [-0.2, -0.15) is 0 Å². The molecule has 1 N–H and O–H groups in total. The maximum atomic E-state index is 13.2. The van der Waals surface area contributed by atoms with Crippen molar-refractivity contribution in [3.05, 3.63) is 59.4 Å². The Kier molecular flexibility index (Phi) is 4.66. The Morgan fingerprint density at radius 3 is 2.36 bits per heavy atom. The summed E-state index contributed by atoms with van der Waals surface area (Å²) in [6, 6.07) is 11.4. The second-order valence-corrected chi connectivity index (χ2v) is 6.39. The van der Waals surface area contributed by atoms with Crippen LogP contribution in [0.25, 0.3) is 0 Å². The van der Waals surface area contributed by atoms with Gasteiger partial charge in [0.15, 0.2) is 0 Å². The molecule has 1 aliphatic carbocycles. The third kappa shape index (κ3) is 3.31. The molecule has 5 heteroatoms. The van der Waals surface area contributed by atoms with Crippen LogP contribution in [0, 0.1) is 5.82 Å². The molecular formula is C20H22FNO3. The minimum Gasteiger partial charge on any atom is -0.497 e. The van der Waals surface area contributed by atoms with Crippen molar-refractivity contribution in [3.8, 4) is 11.5 Å². The van der Waals surface area contributed by atoms with E-state index >= 15 is 0 Å². The topological polar surface area (TPSA) is 47.6 Å². The molecule has 132 valence electrons. The molecule has 1 aliphatic rings. The van der Waals surface area contributed by atoms with Gasteiger partial charge in [-0.1, -0.05) is 12.1 Å². The highest BCUT2D eigenvalue weighted by Crippen LogP contribution is 2.48. The van der Waals surface area contributed by atoms with Crippen molar-refractivity contribution in [2.45, 2.75) is 31.2 Å². The zero-order valence-corrected chi connectivity index (χ0v) is 14.6. The van der Waals surface area contributed by atoms with Crippen LogP contribution in [0.5, 0.6) is 11.5 Å². The van der Waals surface area contributed by atoms with E-state index in [9.17, 15) is 9.18 Å². The van der Waals surface area contributed by atoms with Gasteiger partial charge in [0.25, 0.3) is 0 Å². The van der Waals surface area contributed by atoms with Crippen LogP contribution in [0.2, 0.25) is 0 Å². The lowest BCUT2D eigenvalue weighted by Gasteiger charge is -2.22. The number of hydrogen-bond donors (Lipinski definition) is 1. The third-order valence-electron chi connectivity index (χ3n) is 4.83. The van der Waals surface area contributed by atoms with Crippen LogP contribution in [0.4, 0.5) is 4.39 Å². The molecule has 0 radical (unpaired) electrons. The number of nitrogens with one attached hydrogen (secondary N) is 1. The van der Waals surface area contributed by atoms with Crippen molar-refractivity contribution in [3.63, 3.8) is 0 Å². The van der Waals surface area contributed by atoms with Gasteiger partial charge >= 0.3 is 0 Å². The number of methoxy groups -OCH3 is 2. The number of ether oxygens (including phenoxy) is 2. The average molecular weight is 343 g/mol. The Bertz CT molecular complexity index is 769. The van der Waals surface area contributed by atoms with Crippen LogP contribution in [0.15, 0.2) is 42.5 Å². The second-order valence-electron chi connectivity index (χ2n) is 6.39. The molecule has 2 aromatic rings. The van der Waals surface area contributed by atoms with Crippen molar-refractivity contribution in [2.24, 2.45) is 0 Å². The van der Waals surface area contributed by atoms with E-state index in [2.05, 4.69) is 5.32 Å². The van der Waals surface area contributed by atoms with E-state index in [1.54, 1.807) is 26.4 Å². The van der Waals surface area contributed by atoms with Gasteiger partial charge in [0.05, 0.1) is 25.7 Å². The summed E-state index contributed by atoms with van der Waals surface area (Å²) in [4.78, 5) is 12.9. The lowest BCUT2D eigenvalue weighted by atomic mass is 9.94. The lowest BCUT2D eigenvalue weighted by molar-refractivity contribution is -0.124. The molecule has 1 unspecified atom stereocenters. The molecule has 25 heavy (non-hydrogen) atoms. The number of benzene rings is 2. The van der Waals surface area contributed by atoms with Gasteiger partial charge < -0.3 is 14.8 Å². The first-order chi connectivity index (χ1) is 12.0.